The van der Waals surface area contributed by atoms with Gasteiger partial charge in [-0.2, -0.15) is 5.26 Å². The van der Waals surface area contributed by atoms with Gasteiger partial charge in [-0.15, -0.1) is 11.3 Å². The molecule has 0 aliphatic heterocycles. The Labute approximate surface area is 166 Å². The summed E-state index contributed by atoms with van der Waals surface area (Å²) in [5.41, 5.74) is 0.868. The summed E-state index contributed by atoms with van der Waals surface area (Å²) in [6.45, 7) is 1.37. The Morgan fingerprint density at radius 1 is 1.33 bits per heavy atom. The number of nitrogens with zero attached hydrogens (tertiary/aromatic N) is 2. The van der Waals surface area contributed by atoms with Crippen molar-refractivity contribution in [1.29, 1.82) is 5.26 Å². The molecule has 0 spiro atoms. The Bertz CT molecular complexity index is 879. The van der Waals surface area contributed by atoms with Crippen LogP contribution in [0.1, 0.15) is 47.9 Å². The normalized spacial score (nSPS) is 16.5. The maximum absolute atomic E-state index is 12.9. The molecule has 0 unspecified atom stereocenters. The first-order valence-electron chi connectivity index (χ1n) is 8.74. The topological polar surface area (TPSA) is 80.0 Å². The van der Waals surface area contributed by atoms with Crippen molar-refractivity contribution >= 4 is 34.7 Å². The number of halogens is 1. The van der Waals surface area contributed by atoms with Gasteiger partial charge < -0.3 is 4.74 Å². The van der Waals surface area contributed by atoms with Crippen LogP contribution in [0.4, 0.5) is 0 Å². The van der Waals surface area contributed by atoms with Crippen LogP contribution in [0.2, 0.25) is 5.02 Å². The Morgan fingerprint density at radius 3 is 2.56 bits per heavy atom. The molecule has 0 saturated heterocycles. The second-order valence-corrected chi connectivity index (χ2v) is 8.05. The van der Waals surface area contributed by atoms with Crippen LogP contribution < -0.4 is 0 Å². The number of hydrogen-bond acceptors (Lipinski definition) is 6. The molecule has 1 aliphatic carbocycles. The second-order valence-electron chi connectivity index (χ2n) is 6.73. The monoisotopic (exact) mass is 402 g/mol. The molecule has 1 aliphatic rings. The van der Waals surface area contributed by atoms with Gasteiger partial charge in [0, 0.05) is 16.1 Å². The van der Waals surface area contributed by atoms with Gasteiger partial charge in [-0.1, -0.05) is 36.6 Å². The van der Waals surface area contributed by atoms with Gasteiger partial charge in [0.05, 0.1) is 11.5 Å². The van der Waals surface area contributed by atoms with Crippen LogP contribution in [0.3, 0.4) is 0 Å². The lowest BCUT2D eigenvalue weighted by atomic mass is 9.79. The molecule has 0 amide bonds. The average Bonchev–Trinajstić information content (AvgIpc) is 3.31. The quantitative estimate of drug-likeness (QED) is 0.671. The van der Waals surface area contributed by atoms with E-state index >= 15 is 0 Å². The minimum absolute atomic E-state index is 0.414. The fourth-order valence-corrected chi connectivity index (χ4v) is 4.47. The predicted octanol–water partition coefficient (Wildman–Crippen LogP) is 4.34. The summed E-state index contributed by atoms with van der Waals surface area (Å²) in [5.74, 6) is -1.88. The average molecular weight is 403 g/mol. The number of hydrogen-bond donors (Lipinski definition) is 0. The van der Waals surface area contributed by atoms with Crippen molar-refractivity contribution in [2.75, 3.05) is 6.61 Å². The molecule has 1 heterocycles. The number of nitriles is 1. The lowest BCUT2D eigenvalue weighted by Gasteiger charge is -2.27. The molecular weight excluding hydrogens is 384 g/mol. The van der Waals surface area contributed by atoms with E-state index in [1.165, 1.54) is 11.3 Å². The molecule has 1 aromatic carbocycles. The number of benzene rings is 1. The van der Waals surface area contributed by atoms with E-state index < -0.39 is 29.7 Å². The molecule has 3 rings (SSSR count). The number of aryl methyl sites for hydroxylation is 1. The number of rotatable bonds is 6. The lowest BCUT2D eigenvalue weighted by molar-refractivity contribution is -0.154. The highest BCUT2D eigenvalue weighted by atomic mass is 35.5. The molecule has 0 bridgehead atoms. The number of ketones is 1. The highest BCUT2D eigenvalue weighted by molar-refractivity contribution is 7.09. The Kier molecular flexibility index (Phi) is 5.93. The third kappa shape index (κ3) is 4.05. The molecule has 1 aromatic heterocycles. The fourth-order valence-electron chi connectivity index (χ4n) is 3.49. The number of carbonyl (C=O) groups excluding carboxylic acids is 2. The van der Waals surface area contributed by atoms with Gasteiger partial charge in [0.1, 0.15) is 5.01 Å². The molecule has 1 saturated carbocycles. The van der Waals surface area contributed by atoms with Gasteiger partial charge in [0.15, 0.2) is 18.3 Å². The van der Waals surface area contributed by atoms with Crippen LogP contribution in [-0.2, 0) is 19.7 Å². The molecule has 1 atom stereocenters. The van der Waals surface area contributed by atoms with Crippen molar-refractivity contribution < 1.29 is 14.3 Å². The summed E-state index contributed by atoms with van der Waals surface area (Å²) in [6, 6.07) is 9.16. The third-order valence-electron chi connectivity index (χ3n) is 4.92. The summed E-state index contributed by atoms with van der Waals surface area (Å²) >= 11 is 7.22. The molecule has 140 valence electrons. The first-order chi connectivity index (χ1) is 13.0. The number of ether oxygens (including phenoxy) is 1. The predicted molar refractivity (Wildman–Crippen MR) is 103 cm³/mol. The highest BCUT2D eigenvalue weighted by Gasteiger charge is 2.44. The molecule has 1 fully saturated rings. The van der Waals surface area contributed by atoms with Crippen molar-refractivity contribution in [3.8, 4) is 6.07 Å². The molecule has 7 heteroatoms. The second kappa shape index (κ2) is 8.20. The van der Waals surface area contributed by atoms with E-state index in [0.29, 0.717) is 22.9 Å². The molecule has 5 nitrogen and oxygen atoms in total. The fraction of sp³-hybridized carbons (Fsp3) is 0.400. The zero-order valence-electron chi connectivity index (χ0n) is 14.9. The van der Waals surface area contributed by atoms with Crippen molar-refractivity contribution in [3.63, 3.8) is 0 Å². The summed E-state index contributed by atoms with van der Waals surface area (Å²) in [5, 5.41) is 12.2. The minimum atomic E-state index is -1.01. The summed E-state index contributed by atoms with van der Waals surface area (Å²) in [4.78, 5) is 29.5. The van der Waals surface area contributed by atoms with E-state index in [0.717, 1.165) is 24.1 Å². The Hall–Kier alpha value is -2.23. The van der Waals surface area contributed by atoms with Crippen LogP contribution in [0.15, 0.2) is 29.6 Å². The Balaban J connectivity index is 1.72. The first kappa shape index (κ1) is 19.5. The SMILES string of the molecule is Cc1csc([C@H](C#N)C(=O)COC(=O)C2(c3ccc(Cl)cc3)CCCC2)n1. The molecule has 2 aromatic rings. The van der Waals surface area contributed by atoms with E-state index in [2.05, 4.69) is 4.98 Å². The van der Waals surface area contributed by atoms with Crippen LogP contribution >= 0.6 is 22.9 Å². The van der Waals surface area contributed by atoms with Gasteiger partial charge in [0.2, 0.25) is 0 Å². The zero-order valence-corrected chi connectivity index (χ0v) is 16.5. The maximum atomic E-state index is 12.9. The number of esters is 1. The molecule has 0 radical (unpaired) electrons. The van der Waals surface area contributed by atoms with Gasteiger partial charge in [-0.3, -0.25) is 9.59 Å². The molecular formula is C20H19ClN2O3S. The lowest BCUT2D eigenvalue weighted by Crippen LogP contribution is -2.36. The summed E-state index contributed by atoms with van der Waals surface area (Å²) < 4.78 is 5.39. The molecule has 0 N–H and O–H groups in total. The zero-order chi connectivity index (χ0) is 19.4. The van der Waals surface area contributed by atoms with Crippen LogP contribution in [0.5, 0.6) is 0 Å². The van der Waals surface area contributed by atoms with E-state index in [4.69, 9.17) is 16.3 Å². The number of Topliss-reactive ketones (excluding diaryl/α,β-unsaturated/α-hetero) is 1. The van der Waals surface area contributed by atoms with Crippen LogP contribution in [0.25, 0.3) is 0 Å². The minimum Gasteiger partial charge on any atom is -0.457 e. The van der Waals surface area contributed by atoms with Crippen molar-refractivity contribution in [3.05, 3.63) is 50.9 Å². The van der Waals surface area contributed by atoms with Crippen LogP contribution in [0, 0.1) is 18.3 Å². The van der Waals surface area contributed by atoms with Gasteiger partial charge in [-0.25, -0.2) is 4.98 Å². The smallest absolute Gasteiger partial charge is 0.316 e. The molecule has 27 heavy (non-hydrogen) atoms. The number of thiazole rings is 1. The van der Waals surface area contributed by atoms with Crippen molar-refractivity contribution in [2.24, 2.45) is 0 Å². The summed E-state index contributed by atoms with van der Waals surface area (Å²) in [7, 11) is 0. The summed E-state index contributed by atoms with van der Waals surface area (Å²) in [6.07, 6.45) is 3.19. The number of aromatic nitrogens is 1. The first-order valence-corrected chi connectivity index (χ1v) is 10.00. The highest BCUT2D eigenvalue weighted by Crippen LogP contribution is 2.42. The van der Waals surface area contributed by atoms with Gasteiger partial charge in [0.25, 0.3) is 0 Å². The van der Waals surface area contributed by atoms with Crippen molar-refractivity contribution in [2.45, 2.75) is 43.9 Å². The van der Waals surface area contributed by atoms with Gasteiger partial charge in [-0.05, 0) is 37.5 Å². The van der Waals surface area contributed by atoms with Crippen LogP contribution in [-0.4, -0.2) is 23.3 Å². The Morgan fingerprint density at radius 2 is 2.00 bits per heavy atom. The van der Waals surface area contributed by atoms with E-state index in [9.17, 15) is 14.9 Å². The largest absolute Gasteiger partial charge is 0.457 e. The van der Waals surface area contributed by atoms with Gasteiger partial charge >= 0.3 is 5.97 Å². The van der Waals surface area contributed by atoms with E-state index in [1.54, 1.807) is 24.4 Å². The maximum Gasteiger partial charge on any atom is 0.316 e. The van der Waals surface area contributed by atoms with E-state index in [-0.39, 0.29) is 0 Å². The number of carbonyl (C=O) groups is 2. The third-order valence-corrected chi connectivity index (χ3v) is 6.20. The van der Waals surface area contributed by atoms with E-state index in [1.807, 2.05) is 18.2 Å². The standard InChI is InChI=1S/C20H19ClN2O3S/c1-13-12-27-18(23-13)16(10-22)17(24)11-26-19(25)20(8-2-3-9-20)14-4-6-15(21)7-5-14/h4-7,12,16H,2-3,8-9,11H2,1H3/t16-/m1/s1. The van der Waals surface area contributed by atoms with Crippen molar-refractivity contribution in [1.82, 2.24) is 4.98 Å².